The van der Waals surface area contributed by atoms with E-state index in [4.69, 9.17) is 11.0 Å². The van der Waals surface area contributed by atoms with Crippen LogP contribution in [-0.4, -0.2) is 17.2 Å². The van der Waals surface area contributed by atoms with E-state index in [-0.39, 0.29) is 32.6 Å². The lowest BCUT2D eigenvalue weighted by Crippen LogP contribution is -2.31. The fraction of sp³-hybridized carbons (Fsp3) is 0. The summed E-state index contributed by atoms with van der Waals surface area (Å²) in [5.74, 6) is 0. The molecule has 0 saturated heterocycles. The van der Waals surface area contributed by atoms with Crippen LogP contribution in [0.4, 0.5) is 0 Å². The zero-order valence-corrected chi connectivity index (χ0v) is 11.9. The van der Waals surface area contributed by atoms with Crippen LogP contribution < -0.4 is 5.46 Å². The zero-order valence-electron chi connectivity index (χ0n) is 19.9. The lowest BCUT2D eigenvalue weighted by atomic mass is 9.72. The largest absolute Gasteiger partial charge is 0.489 e. The molecule has 0 heterocycles. The molecular weight excluding hydrogens is 283 g/mol. The smallest absolute Gasteiger partial charge is 0.423 e. The monoisotopic (exact) mass is 306 g/mol. The topological polar surface area (TPSA) is 40.5 Å². The Morgan fingerprint density at radius 1 is 0.696 bits per heavy atom. The van der Waals surface area contributed by atoms with Crippen LogP contribution in [0.1, 0.15) is 11.0 Å². The van der Waals surface area contributed by atoms with Crippen molar-refractivity contribution in [2.24, 2.45) is 0 Å². The van der Waals surface area contributed by atoms with E-state index in [2.05, 4.69) is 0 Å². The highest BCUT2D eigenvalue weighted by Gasteiger charge is 2.21. The summed E-state index contributed by atoms with van der Waals surface area (Å²) in [5, 5.41) is 19.9. The van der Waals surface area contributed by atoms with E-state index in [1.165, 1.54) is 0 Å². The summed E-state index contributed by atoms with van der Waals surface area (Å²) in [6, 6.07) is 4.28. The molecule has 4 aromatic rings. The summed E-state index contributed by atoms with van der Waals surface area (Å²) >= 11 is 0. The van der Waals surface area contributed by atoms with Crippen LogP contribution in [0, 0.1) is 0 Å². The summed E-state index contributed by atoms with van der Waals surface area (Å²) in [7, 11) is -2.24. The first-order valence-corrected chi connectivity index (χ1v) is 6.97. The Bertz CT molecular complexity index is 1310. The third-order valence-corrected chi connectivity index (χ3v) is 3.73. The fourth-order valence-electron chi connectivity index (χ4n) is 2.81. The fourth-order valence-corrected chi connectivity index (χ4v) is 2.81. The summed E-state index contributed by atoms with van der Waals surface area (Å²) in [4.78, 5) is 0. The minimum Gasteiger partial charge on any atom is -0.423 e. The number of hydrogen-bond acceptors (Lipinski definition) is 2. The third-order valence-electron chi connectivity index (χ3n) is 3.73. The second-order valence-electron chi connectivity index (χ2n) is 5.03. The standard InChI is InChI=1S/C20H15BO2/c22-21(23)20-17-12-6-4-10-15(17)19(14-8-2-1-3-9-14)16-11-5-7-13-18(16)20/h1-13,22-23H/i4D,5D,6D,7D,10D,11D,12D,13D. The van der Waals surface area contributed by atoms with E-state index < -0.39 is 55.5 Å². The second-order valence-corrected chi connectivity index (χ2v) is 5.03. The van der Waals surface area contributed by atoms with Crippen molar-refractivity contribution in [2.75, 3.05) is 0 Å². The Kier molecular flexibility index (Phi) is 1.87. The van der Waals surface area contributed by atoms with Gasteiger partial charge in [0.2, 0.25) is 0 Å². The van der Waals surface area contributed by atoms with E-state index in [1.54, 1.807) is 30.3 Å². The summed E-state index contributed by atoms with van der Waals surface area (Å²) in [5.41, 5.74) is 0.254. The van der Waals surface area contributed by atoms with E-state index in [9.17, 15) is 10.0 Å². The van der Waals surface area contributed by atoms with Gasteiger partial charge in [0, 0.05) is 0 Å². The van der Waals surface area contributed by atoms with Crippen molar-refractivity contribution in [1.82, 2.24) is 0 Å². The van der Waals surface area contributed by atoms with Gasteiger partial charge in [-0.3, -0.25) is 0 Å². The Morgan fingerprint density at radius 2 is 1.17 bits per heavy atom. The molecule has 0 amide bonds. The van der Waals surface area contributed by atoms with Crippen LogP contribution in [0.2, 0.25) is 0 Å². The highest BCUT2D eigenvalue weighted by atomic mass is 16.4. The third kappa shape index (κ3) is 2.22. The molecule has 0 atom stereocenters. The van der Waals surface area contributed by atoms with E-state index >= 15 is 0 Å². The van der Waals surface area contributed by atoms with Crippen molar-refractivity contribution in [1.29, 1.82) is 0 Å². The Morgan fingerprint density at radius 3 is 1.65 bits per heavy atom. The number of rotatable bonds is 2. The molecule has 0 saturated carbocycles. The molecule has 0 bridgehead atoms. The SMILES string of the molecule is [2H]c1c([2H])c([2H])c2c(-c3ccccc3)c3c([2H])c([2H])c([2H])c([2H])c3c(B(O)O)c2c1[2H]. The van der Waals surface area contributed by atoms with E-state index in [1.807, 2.05) is 0 Å². The van der Waals surface area contributed by atoms with Crippen LogP contribution in [0.15, 0.2) is 78.7 Å². The minimum absolute atomic E-state index is 0.0437. The molecule has 0 aliphatic rings. The Balaban J connectivity index is 2.53. The quantitative estimate of drug-likeness (QED) is 0.440. The maximum absolute atomic E-state index is 10.2. The van der Waals surface area contributed by atoms with Crippen molar-refractivity contribution in [3.8, 4) is 11.1 Å². The van der Waals surface area contributed by atoms with Gasteiger partial charge in [-0.1, -0.05) is 78.7 Å². The zero-order chi connectivity index (χ0) is 22.8. The average molecular weight is 306 g/mol. The molecule has 4 aromatic carbocycles. The minimum atomic E-state index is -2.24. The molecule has 0 aliphatic heterocycles. The van der Waals surface area contributed by atoms with Gasteiger partial charge in [0.25, 0.3) is 0 Å². The molecule has 3 heteroatoms. The number of fused-ring (bicyclic) bond motifs is 2. The highest BCUT2D eigenvalue weighted by Crippen LogP contribution is 2.35. The molecule has 0 radical (unpaired) electrons. The summed E-state index contributed by atoms with van der Waals surface area (Å²) in [6.07, 6.45) is 0. The molecule has 0 fully saturated rings. The molecule has 0 aliphatic carbocycles. The lowest BCUT2D eigenvalue weighted by Gasteiger charge is -2.16. The van der Waals surface area contributed by atoms with Crippen LogP contribution in [0.3, 0.4) is 0 Å². The molecule has 23 heavy (non-hydrogen) atoms. The van der Waals surface area contributed by atoms with Gasteiger partial charge in [0.05, 0.1) is 11.0 Å². The number of hydrogen-bond donors (Lipinski definition) is 2. The molecule has 0 aromatic heterocycles. The molecule has 0 unspecified atom stereocenters. The average Bonchev–Trinajstić information content (AvgIpc) is 2.76. The first kappa shape index (κ1) is 7.78. The van der Waals surface area contributed by atoms with Gasteiger partial charge in [-0.2, -0.15) is 0 Å². The summed E-state index contributed by atoms with van der Waals surface area (Å²) < 4.78 is 66.2. The lowest BCUT2D eigenvalue weighted by molar-refractivity contribution is 0.426. The van der Waals surface area contributed by atoms with Crippen molar-refractivity contribution in [3.63, 3.8) is 0 Å². The van der Waals surface area contributed by atoms with Gasteiger partial charge in [0.1, 0.15) is 0 Å². The van der Waals surface area contributed by atoms with Crippen molar-refractivity contribution in [3.05, 3.63) is 78.7 Å². The van der Waals surface area contributed by atoms with Gasteiger partial charge >= 0.3 is 7.12 Å². The van der Waals surface area contributed by atoms with Crippen molar-refractivity contribution in [2.45, 2.75) is 0 Å². The van der Waals surface area contributed by atoms with Crippen LogP contribution >= 0.6 is 0 Å². The van der Waals surface area contributed by atoms with Gasteiger partial charge in [-0.05, 0) is 38.1 Å². The first-order valence-electron chi connectivity index (χ1n) is 11.0. The normalized spacial score (nSPS) is 15.9. The highest BCUT2D eigenvalue weighted by molar-refractivity contribution is 6.66. The maximum Gasteiger partial charge on any atom is 0.489 e. The Labute approximate surface area is 146 Å². The maximum atomic E-state index is 10.2. The molecule has 2 nitrogen and oxygen atoms in total. The van der Waals surface area contributed by atoms with Gasteiger partial charge in [-0.15, -0.1) is 0 Å². The molecule has 110 valence electrons. The predicted molar refractivity (Wildman–Crippen MR) is 96.7 cm³/mol. The van der Waals surface area contributed by atoms with Crippen molar-refractivity contribution < 1.29 is 21.0 Å². The van der Waals surface area contributed by atoms with Crippen LogP contribution in [0.25, 0.3) is 32.7 Å². The summed E-state index contributed by atoms with van der Waals surface area (Å²) in [6.45, 7) is 0. The van der Waals surface area contributed by atoms with Gasteiger partial charge < -0.3 is 10.0 Å². The van der Waals surface area contributed by atoms with Gasteiger partial charge in [0.15, 0.2) is 0 Å². The van der Waals surface area contributed by atoms with Crippen molar-refractivity contribution >= 4 is 34.1 Å². The van der Waals surface area contributed by atoms with Gasteiger partial charge in [-0.25, -0.2) is 0 Å². The number of benzene rings is 4. The predicted octanol–water partition coefficient (Wildman–Crippen LogP) is 3.34. The van der Waals surface area contributed by atoms with E-state index in [0.717, 1.165) is 0 Å². The molecule has 0 spiro atoms. The molecular formula is C20H15BO2. The van der Waals surface area contributed by atoms with Crippen LogP contribution in [-0.2, 0) is 0 Å². The molecule has 4 rings (SSSR count). The van der Waals surface area contributed by atoms with Crippen LogP contribution in [0.5, 0.6) is 0 Å². The first-order chi connectivity index (χ1) is 14.6. The second kappa shape index (κ2) is 5.54. The molecule has 2 N–H and O–H groups in total. The van der Waals surface area contributed by atoms with E-state index in [0.29, 0.717) is 5.56 Å². The Hall–Kier alpha value is -2.62.